The molecule has 1 unspecified atom stereocenters. The lowest BCUT2D eigenvalue weighted by Gasteiger charge is -2.12. The van der Waals surface area contributed by atoms with Crippen molar-refractivity contribution in [2.45, 2.75) is 19.3 Å². The molecule has 0 aromatic heterocycles. The zero-order valence-electron chi connectivity index (χ0n) is 10.8. The summed E-state index contributed by atoms with van der Waals surface area (Å²) in [5.41, 5.74) is 5.52. The summed E-state index contributed by atoms with van der Waals surface area (Å²) in [5, 5.41) is 3.44. The highest BCUT2D eigenvalue weighted by Crippen LogP contribution is 2.28. The van der Waals surface area contributed by atoms with Crippen molar-refractivity contribution in [3.8, 4) is 11.1 Å². The molecule has 2 aromatic carbocycles. The summed E-state index contributed by atoms with van der Waals surface area (Å²) in [5.74, 6) is 0.689. The first-order valence-electron chi connectivity index (χ1n) is 6.71. The van der Waals surface area contributed by atoms with E-state index in [4.69, 9.17) is 0 Å². The fourth-order valence-corrected chi connectivity index (χ4v) is 2.80. The Kier molecular flexibility index (Phi) is 3.16. The van der Waals surface area contributed by atoms with Gasteiger partial charge in [-0.2, -0.15) is 0 Å². The van der Waals surface area contributed by atoms with Crippen LogP contribution >= 0.6 is 0 Å². The van der Waals surface area contributed by atoms with Crippen LogP contribution in [-0.4, -0.2) is 13.1 Å². The molecule has 1 N–H and O–H groups in total. The molecule has 1 fully saturated rings. The predicted octanol–water partition coefficient (Wildman–Crippen LogP) is 3.74. The number of benzene rings is 2. The Labute approximate surface area is 109 Å². The maximum Gasteiger partial charge on any atom is 0.00206 e. The predicted molar refractivity (Wildman–Crippen MR) is 76.8 cm³/mol. The fraction of sp³-hybridized carbons (Fsp3) is 0.294. The van der Waals surface area contributed by atoms with Gasteiger partial charge < -0.3 is 5.32 Å². The van der Waals surface area contributed by atoms with Crippen molar-refractivity contribution >= 4 is 0 Å². The smallest absolute Gasteiger partial charge is 0.00206 e. The largest absolute Gasteiger partial charge is 0.316 e. The summed E-state index contributed by atoms with van der Waals surface area (Å²) in [4.78, 5) is 0. The maximum absolute atomic E-state index is 3.44. The molecular formula is C17H19N. The first-order chi connectivity index (χ1) is 8.84. The first-order valence-corrected chi connectivity index (χ1v) is 6.71. The lowest BCUT2D eigenvalue weighted by molar-refractivity contribution is 0.764. The number of rotatable bonds is 2. The van der Waals surface area contributed by atoms with Gasteiger partial charge in [0.25, 0.3) is 0 Å². The van der Waals surface area contributed by atoms with Gasteiger partial charge in [0.15, 0.2) is 0 Å². The van der Waals surface area contributed by atoms with Crippen LogP contribution in [0.25, 0.3) is 11.1 Å². The average molecular weight is 237 g/mol. The number of hydrogen-bond donors (Lipinski definition) is 1. The van der Waals surface area contributed by atoms with Crippen LogP contribution < -0.4 is 5.32 Å². The first kappa shape index (κ1) is 11.5. The van der Waals surface area contributed by atoms with Crippen molar-refractivity contribution in [1.82, 2.24) is 5.32 Å². The molecule has 1 nitrogen and oxygen atoms in total. The minimum absolute atomic E-state index is 0.689. The van der Waals surface area contributed by atoms with Gasteiger partial charge in [0.05, 0.1) is 0 Å². The van der Waals surface area contributed by atoms with Crippen LogP contribution in [-0.2, 0) is 0 Å². The van der Waals surface area contributed by atoms with Crippen LogP contribution in [0.1, 0.15) is 23.5 Å². The van der Waals surface area contributed by atoms with E-state index >= 15 is 0 Å². The van der Waals surface area contributed by atoms with Crippen LogP contribution in [0.5, 0.6) is 0 Å². The molecule has 1 heterocycles. The molecule has 3 rings (SSSR count). The van der Waals surface area contributed by atoms with Crippen molar-refractivity contribution in [2.75, 3.05) is 13.1 Å². The Morgan fingerprint density at radius 2 is 1.94 bits per heavy atom. The summed E-state index contributed by atoms with van der Waals surface area (Å²) in [6.07, 6.45) is 1.26. The number of aryl methyl sites for hydroxylation is 1. The molecule has 1 saturated heterocycles. The van der Waals surface area contributed by atoms with Gasteiger partial charge in [-0.25, -0.2) is 0 Å². The van der Waals surface area contributed by atoms with Crippen molar-refractivity contribution in [3.63, 3.8) is 0 Å². The van der Waals surface area contributed by atoms with Gasteiger partial charge in [-0.1, -0.05) is 48.5 Å². The maximum atomic E-state index is 3.44. The minimum atomic E-state index is 0.689. The Balaban J connectivity index is 1.98. The van der Waals surface area contributed by atoms with Crippen LogP contribution in [0.2, 0.25) is 0 Å². The van der Waals surface area contributed by atoms with Gasteiger partial charge >= 0.3 is 0 Å². The number of nitrogens with one attached hydrogen (secondary N) is 1. The van der Waals surface area contributed by atoms with E-state index in [-0.39, 0.29) is 0 Å². The highest BCUT2D eigenvalue weighted by atomic mass is 14.9. The minimum Gasteiger partial charge on any atom is -0.316 e. The van der Waals surface area contributed by atoms with Gasteiger partial charge in [-0.05, 0) is 48.1 Å². The van der Waals surface area contributed by atoms with E-state index in [1.54, 1.807) is 0 Å². The van der Waals surface area contributed by atoms with Crippen molar-refractivity contribution in [2.24, 2.45) is 0 Å². The quantitative estimate of drug-likeness (QED) is 0.839. The average Bonchev–Trinajstić information content (AvgIpc) is 2.93. The van der Waals surface area contributed by atoms with Crippen molar-refractivity contribution < 1.29 is 0 Å². The molecule has 2 aromatic rings. The third-order valence-corrected chi connectivity index (χ3v) is 3.87. The molecule has 0 aliphatic carbocycles. The van der Waals surface area contributed by atoms with Gasteiger partial charge in [0, 0.05) is 6.54 Å². The molecule has 0 bridgehead atoms. The molecule has 92 valence electrons. The molecule has 1 atom stereocenters. The van der Waals surface area contributed by atoms with Gasteiger partial charge in [-0.3, -0.25) is 0 Å². The zero-order chi connectivity index (χ0) is 12.4. The van der Waals surface area contributed by atoms with Gasteiger partial charge in [0.2, 0.25) is 0 Å². The lowest BCUT2D eigenvalue weighted by atomic mass is 9.93. The molecule has 0 radical (unpaired) electrons. The highest BCUT2D eigenvalue weighted by Gasteiger charge is 2.16. The summed E-state index contributed by atoms with van der Waals surface area (Å²) in [7, 11) is 0. The van der Waals surface area contributed by atoms with Gasteiger partial charge in [0.1, 0.15) is 0 Å². The highest BCUT2D eigenvalue weighted by molar-refractivity contribution is 5.67. The summed E-state index contributed by atoms with van der Waals surface area (Å²) < 4.78 is 0. The Bertz CT molecular complexity index is 539. The number of hydrogen-bond acceptors (Lipinski definition) is 1. The second-order valence-corrected chi connectivity index (χ2v) is 5.13. The van der Waals surface area contributed by atoms with E-state index in [9.17, 15) is 0 Å². The second kappa shape index (κ2) is 4.95. The topological polar surface area (TPSA) is 12.0 Å². The monoisotopic (exact) mass is 237 g/mol. The van der Waals surface area contributed by atoms with E-state index in [0.29, 0.717) is 5.92 Å². The molecule has 1 heteroatoms. The summed E-state index contributed by atoms with van der Waals surface area (Å²) in [6.45, 7) is 4.45. The molecule has 0 spiro atoms. The SMILES string of the molecule is Cc1ccccc1-c1cccc(C2CCNC2)c1. The zero-order valence-corrected chi connectivity index (χ0v) is 10.8. The van der Waals surface area contributed by atoms with E-state index in [1.165, 1.54) is 28.7 Å². The van der Waals surface area contributed by atoms with Crippen LogP contribution in [0, 0.1) is 6.92 Å². The fourth-order valence-electron chi connectivity index (χ4n) is 2.80. The van der Waals surface area contributed by atoms with E-state index in [1.807, 2.05) is 0 Å². The van der Waals surface area contributed by atoms with Crippen LogP contribution in [0.3, 0.4) is 0 Å². The Hall–Kier alpha value is -1.60. The van der Waals surface area contributed by atoms with Crippen LogP contribution in [0.15, 0.2) is 48.5 Å². The van der Waals surface area contributed by atoms with Gasteiger partial charge in [-0.15, -0.1) is 0 Å². The van der Waals surface area contributed by atoms with Crippen molar-refractivity contribution in [1.29, 1.82) is 0 Å². The molecule has 1 aliphatic heterocycles. The standard InChI is InChI=1S/C17H19N/c1-13-5-2-3-8-17(13)15-7-4-6-14(11-15)16-9-10-18-12-16/h2-8,11,16,18H,9-10,12H2,1H3. The van der Waals surface area contributed by atoms with E-state index < -0.39 is 0 Å². The molecule has 0 saturated carbocycles. The van der Waals surface area contributed by atoms with Crippen LogP contribution in [0.4, 0.5) is 0 Å². The molecule has 1 aliphatic rings. The second-order valence-electron chi connectivity index (χ2n) is 5.13. The molecule has 0 amide bonds. The lowest BCUT2D eigenvalue weighted by Crippen LogP contribution is -2.07. The third-order valence-electron chi connectivity index (χ3n) is 3.87. The van der Waals surface area contributed by atoms with Crippen molar-refractivity contribution in [3.05, 3.63) is 59.7 Å². The summed E-state index contributed by atoms with van der Waals surface area (Å²) >= 11 is 0. The third kappa shape index (κ3) is 2.19. The van der Waals surface area contributed by atoms with E-state index in [0.717, 1.165) is 13.1 Å². The molecule has 18 heavy (non-hydrogen) atoms. The summed E-state index contributed by atoms with van der Waals surface area (Å²) in [6, 6.07) is 17.6. The normalized spacial score (nSPS) is 19.1. The molecular weight excluding hydrogens is 218 g/mol. The Morgan fingerprint density at radius 1 is 1.06 bits per heavy atom. The van der Waals surface area contributed by atoms with E-state index in [2.05, 4.69) is 60.8 Å². The Morgan fingerprint density at radius 3 is 2.72 bits per heavy atom.